The van der Waals surface area contributed by atoms with Crippen LogP contribution >= 0.6 is 11.6 Å². The summed E-state index contributed by atoms with van der Waals surface area (Å²) < 4.78 is 17.7. The van der Waals surface area contributed by atoms with Gasteiger partial charge in [-0.2, -0.15) is 0 Å². The summed E-state index contributed by atoms with van der Waals surface area (Å²) in [5.74, 6) is 0.0671. The van der Waals surface area contributed by atoms with Crippen molar-refractivity contribution in [1.82, 2.24) is 19.0 Å². The van der Waals surface area contributed by atoms with Gasteiger partial charge in [0.15, 0.2) is 0 Å². The van der Waals surface area contributed by atoms with Crippen molar-refractivity contribution >= 4 is 17.4 Å². The summed E-state index contributed by atoms with van der Waals surface area (Å²) in [4.78, 5) is 21.0. The number of benzene rings is 2. The van der Waals surface area contributed by atoms with Gasteiger partial charge in [-0.1, -0.05) is 17.7 Å². The quantitative estimate of drug-likeness (QED) is 0.315. The molecule has 1 aliphatic rings. The van der Waals surface area contributed by atoms with E-state index in [2.05, 4.69) is 14.8 Å². The predicted octanol–water partition coefficient (Wildman–Crippen LogP) is 3.27. The van der Waals surface area contributed by atoms with Gasteiger partial charge in [0.25, 0.3) is 0 Å². The molecule has 3 N–H and O–H groups in total. The van der Waals surface area contributed by atoms with Crippen molar-refractivity contribution in [3.63, 3.8) is 0 Å². The number of nitrogens with zero attached hydrogens (tertiary/aromatic N) is 5. The zero-order chi connectivity index (χ0) is 28.6. The van der Waals surface area contributed by atoms with Gasteiger partial charge < -0.3 is 24.8 Å². The Bertz CT molecular complexity index is 1590. The van der Waals surface area contributed by atoms with Gasteiger partial charge in [0.1, 0.15) is 17.4 Å². The summed E-state index contributed by atoms with van der Waals surface area (Å²) in [7, 11) is 1.64. The van der Waals surface area contributed by atoms with Crippen LogP contribution in [0.2, 0.25) is 5.02 Å². The van der Waals surface area contributed by atoms with E-state index in [-0.39, 0.29) is 28.6 Å². The molecule has 210 valence electrons. The summed E-state index contributed by atoms with van der Waals surface area (Å²) in [6.07, 6.45) is 4.86. The number of aliphatic hydroxyl groups excluding tert-OH is 1. The molecule has 9 nitrogen and oxygen atoms in total. The smallest absolute Gasteiger partial charge is 0.332 e. The lowest BCUT2D eigenvalue weighted by Crippen LogP contribution is -2.52. The van der Waals surface area contributed by atoms with Crippen molar-refractivity contribution in [2.45, 2.75) is 12.5 Å². The van der Waals surface area contributed by atoms with E-state index in [1.165, 1.54) is 21.3 Å². The minimum absolute atomic E-state index is 0.102. The molecule has 1 aliphatic heterocycles. The lowest BCUT2D eigenvalue weighted by molar-refractivity contribution is -0.0263. The molecule has 1 atom stereocenters. The normalized spacial score (nSPS) is 15.8. The molecule has 0 spiro atoms. The molecule has 1 fully saturated rings. The van der Waals surface area contributed by atoms with E-state index in [9.17, 15) is 24.5 Å². The van der Waals surface area contributed by atoms with Gasteiger partial charge in [0.2, 0.25) is 0 Å². The van der Waals surface area contributed by atoms with Crippen molar-refractivity contribution in [2.75, 3.05) is 44.2 Å². The fraction of sp³-hybridized carbons (Fsp3) is 0.310. The van der Waals surface area contributed by atoms with Crippen LogP contribution in [-0.2, 0) is 7.05 Å². The highest BCUT2D eigenvalue weighted by Crippen LogP contribution is 2.41. The summed E-state index contributed by atoms with van der Waals surface area (Å²) in [6, 6.07) is 11.0. The van der Waals surface area contributed by atoms with Crippen LogP contribution in [0, 0.1) is 5.82 Å². The first-order valence-electron chi connectivity index (χ1n) is 12.9. The standard InChI is InChI=1S/C29H31ClFN5O4/c1-29(40,18-37)17-34-8-10-35(11-9-34)26-14-20(5-6-32-26)23-16-21(31)15-22(27(23)38)19-3-4-25(24(30)13-19)36-12-7-33(2)28(36)39/h3-7,12-16,37-38,40H,8-11,17-18H2,1-2H3. The second-order valence-corrected chi connectivity index (χ2v) is 10.8. The van der Waals surface area contributed by atoms with Gasteiger partial charge in [-0.3, -0.25) is 9.47 Å². The molecule has 0 aliphatic carbocycles. The number of phenolic OH excluding ortho intramolecular Hbond substituents is 1. The number of pyridine rings is 1. The van der Waals surface area contributed by atoms with E-state index in [1.54, 1.807) is 56.8 Å². The van der Waals surface area contributed by atoms with E-state index in [0.717, 1.165) is 0 Å². The van der Waals surface area contributed by atoms with Crippen molar-refractivity contribution in [3.8, 4) is 33.7 Å². The third-order valence-electron chi connectivity index (χ3n) is 7.20. The van der Waals surface area contributed by atoms with E-state index < -0.39 is 11.4 Å². The summed E-state index contributed by atoms with van der Waals surface area (Å²) >= 11 is 6.52. The number of hydrogen-bond acceptors (Lipinski definition) is 7. The number of rotatable bonds is 7. The van der Waals surface area contributed by atoms with Crippen LogP contribution in [0.1, 0.15) is 6.92 Å². The first-order valence-corrected chi connectivity index (χ1v) is 13.3. The van der Waals surface area contributed by atoms with Crippen LogP contribution in [0.15, 0.2) is 65.8 Å². The van der Waals surface area contributed by atoms with Crippen LogP contribution in [0.3, 0.4) is 0 Å². The van der Waals surface area contributed by atoms with Crippen LogP contribution < -0.4 is 10.6 Å². The lowest BCUT2D eigenvalue weighted by Gasteiger charge is -2.38. The third-order valence-corrected chi connectivity index (χ3v) is 7.50. The SMILES string of the molecule is Cn1ccn(-c2ccc(-c3cc(F)cc(-c4ccnc(N5CCN(CC(C)(O)CO)CC5)c4)c3O)cc2Cl)c1=O. The highest BCUT2D eigenvalue weighted by molar-refractivity contribution is 6.32. The maximum absolute atomic E-state index is 14.9. The van der Waals surface area contributed by atoms with E-state index in [0.29, 0.717) is 60.9 Å². The monoisotopic (exact) mass is 567 g/mol. The third kappa shape index (κ3) is 5.62. The number of imidazole rings is 1. The Morgan fingerprint density at radius 3 is 2.30 bits per heavy atom. The maximum atomic E-state index is 14.9. The molecule has 5 rings (SSSR count). The summed E-state index contributed by atoms with van der Waals surface area (Å²) in [6.45, 7) is 4.36. The fourth-order valence-corrected chi connectivity index (χ4v) is 5.25. The Morgan fingerprint density at radius 1 is 1.02 bits per heavy atom. The topological polar surface area (TPSA) is 107 Å². The maximum Gasteiger partial charge on any atom is 0.332 e. The number of aliphatic hydroxyl groups is 2. The number of aromatic hydroxyl groups is 1. The average molecular weight is 568 g/mol. The average Bonchev–Trinajstić information content (AvgIpc) is 3.27. The van der Waals surface area contributed by atoms with Crippen molar-refractivity contribution in [3.05, 3.63) is 82.4 Å². The first-order chi connectivity index (χ1) is 19.1. The number of β-amino-alcohol motifs (C(OH)–C–C–N with tert-alkyl or cyclic N) is 1. The number of halogens is 2. The second kappa shape index (κ2) is 11.1. The van der Waals surface area contributed by atoms with Crippen molar-refractivity contribution < 1.29 is 19.7 Å². The molecule has 0 amide bonds. The van der Waals surface area contributed by atoms with E-state index in [1.807, 2.05) is 6.07 Å². The molecule has 0 bridgehead atoms. The van der Waals surface area contributed by atoms with Gasteiger partial charge in [-0.05, 0) is 54.4 Å². The molecule has 2 aromatic carbocycles. The Labute approximate surface area is 235 Å². The Balaban J connectivity index is 1.41. The van der Waals surface area contributed by atoms with E-state index >= 15 is 0 Å². The minimum Gasteiger partial charge on any atom is -0.507 e. The molecule has 40 heavy (non-hydrogen) atoms. The Morgan fingerprint density at radius 2 is 1.70 bits per heavy atom. The molecule has 1 saturated heterocycles. The summed E-state index contributed by atoms with van der Waals surface area (Å²) in [5.41, 5.74) is 0.759. The largest absolute Gasteiger partial charge is 0.507 e. The zero-order valence-corrected chi connectivity index (χ0v) is 23.0. The molecule has 4 aromatic rings. The van der Waals surface area contributed by atoms with Crippen LogP contribution in [0.5, 0.6) is 5.75 Å². The summed E-state index contributed by atoms with van der Waals surface area (Å²) in [5, 5.41) is 31.1. The van der Waals surface area contributed by atoms with E-state index in [4.69, 9.17) is 11.6 Å². The minimum atomic E-state index is -1.16. The molecule has 11 heteroatoms. The number of phenols is 1. The van der Waals surface area contributed by atoms with Gasteiger partial charge >= 0.3 is 5.69 Å². The highest BCUT2D eigenvalue weighted by Gasteiger charge is 2.26. The predicted molar refractivity (Wildman–Crippen MR) is 153 cm³/mol. The van der Waals surface area contributed by atoms with Crippen LogP contribution in [-0.4, -0.2) is 79.3 Å². The van der Waals surface area contributed by atoms with Gasteiger partial charge in [-0.15, -0.1) is 0 Å². The number of anilines is 1. The Hall–Kier alpha value is -3.70. The zero-order valence-electron chi connectivity index (χ0n) is 22.3. The molecular formula is C29H31ClFN5O4. The first kappa shape index (κ1) is 27.9. The molecule has 2 aromatic heterocycles. The number of aryl methyl sites for hydroxylation is 1. The van der Waals surface area contributed by atoms with Crippen molar-refractivity contribution in [1.29, 1.82) is 0 Å². The molecule has 0 saturated carbocycles. The lowest BCUT2D eigenvalue weighted by atomic mass is 9.97. The highest BCUT2D eigenvalue weighted by atomic mass is 35.5. The molecule has 3 heterocycles. The van der Waals surface area contributed by atoms with Gasteiger partial charge in [0.05, 0.1) is 22.9 Å². The number of aromatic nitrogens is 3. The van der Waals surface area contributed by atoms with Gasteiger partial charge in [-0.25, -0.2) is 14.2 Å². The molecule has 0 radical (unpaired) electrons. The van der Waals surface area contributed by atoms with Crippen molar-refractivity contribution in [2.24, 2.45) is 7.05 Å². The Kier molecular flexibility index (Phi) is 7.70. The number of hydrogen-bond donors (Lipinski definition) is 3. The molecule has 1 unspecified atom stereocenters. The molecular weight excluding hydrogens is 537 g/mol. The van der Waals surface area contributed by atoms with Crippen LogP contribution in [0.25, 0.3) is 27.9 Å². The fourth-order valence-electron chi connectivity index (χ4n) is 4.98. The van der Waals surface area contributed by atoms with Crippen LogP contribution in [0.4, 0.5) is 10.2 Å². The van der Waals surface area contributed by atoms with Gasteiger partial charge in [0, 0.05) is 69.5 Å². The second-order valence-electron chi connectivity index (χ2n) is 10.4. The number of piperazine rings is 1.